The molecule has 0 N–H and O–H groups in total. The van der Waals surface area contributed by atoms with Crippen LogP contribution in [0.15, 0.2) is 29.7 Å². The third-order valence-electron chi connectivity index (χ3n) is 1.63. The maximum Gasteiger partial charge on any atom is 0.296 e. The third kappa shape index (κ3) is 3.82. The molecule has 1 aromatic carbocycles. The van der Waals surface area contributed by atoms with E-state index >= 15 is 0 Å². The molecule has 0 atom stereocenters. The van der Waals surface area contributed by atoms with Crippen LogP contribution in [0.1, 0.15) is 5.56 Å². The predicted molar refractivity (Wildman–Crippen MR) is 69.7 cm³/mol. The van der Waals surface area contributed by atoms with Gasteiger partial charge < -0.3 is 0 Å². The van der Waals surface area contributed by atoms with Crippen LogP contribution in [0.2, 0.25) is 5.02 Å². The monoisotopic (exact) mass is 318 g/mol. The highest BCUT2D eigenvalue weighted by Crippen LogP contribution is 2.34. The molecule has 0 unspecified atom stereocenters. The van der Waals surface area contributed by atoms with Crippen LogP contribution in [0.4, 0.5) is 0 Å². The summed E-state index contributed by atoms with van der Waals surface area (Å²) in [6, 6.07) is 6.55. The second-order valence-electron chi connectivity index (χ2n) is 2.85. The molecular formula is C9H6Cl4O2S. The van der Waals surface area contributed by atoms with Gasteiger partial charge >= 0.3 is 0 Å². The largest absolute Gasteiger partial charge is 0.296 e. The molecular weight excluding hydrogens is 314 g/mol. The fourth-order valence-electron chi connectivity index (χ4n) is 0.819. The molecule has 2 nitrogen and oxygen atoms in total. The van der Waals surface area contributed by atoms with Gasteiger partial charge in [-0.2, -0.15) is 0 Å². The Bertz CT molecular complexity index is 485. The summed E-state index contributed by atoms with van der Waals surface area (Å²) in [6.45, 7) is 0. The Kier molecular flexibility index (Phi) is 4.55. The zero-order valence-electron chi connectivity index (χ0n) is 7.70. The lowest BCUT2D eigenvalue weighted by molar-refractivity contribution is 0.605. The van der Waals surface area contributed by atoms with Crippen molar-refractivity contribution in [3.63, 3.8) is 0 Å². The summed E-state index contributed by atoms with van der Waals surface area (Å²) < 4.78 is 20.4. The van der Waals surface area contributed by atoms with Gasteiger partial charge in [0.05, 0.1) is 0 Å². The van der Waals surface area contributed by atoms with Crippen molar-refractivity contribution in [2.75, 3.05) is 0 Å². The first-order valence-corrected chi connectivity index (χ1v) is 7.03. The van der Waals surface area contributed by atoms with Crippen LogP contribution >= 0.6 is 46.4 Å². The van der Waals surface area contributed by atoms with Crippen LogP contribution in [0.3, 0.4) is 0 Å². The Balaban J connectivity index is 2.94. The molecule has 0 saturated heterocycles. The molecule has 0 aliphatic carbocycles. The van der Waals surface area contributed by atoms with Gasteiger partial charge in [0, 0.05) is 10.4 Å². The molecule has 0 aromatic heterocycles. The minimum Gasteiger partial charge on any atom is -0.220 e. The molecule has 16 heavy (non-hydrogen) atoms. The molecule has 0 bridgehead atoms. The summed E-state index contributed by atoms with van der Waals surface area (Å²) in [7, 11) is -3.92. The Labute approximate surface area is 114 Å². The number of hydrogen-bond acceptors (Lipinski definition) is 2. The van der Waals surface area contributed by atoms with Crippen LogP contribution < -0.4 is 0 Å². The van der Waals surface area contributed by atoms with Crippen LogP contribution in [0, 0.1) is 0 Å². The minimum atomic E-state index is -3.92. The van der Waals surface area contributed by atoms with Gasteiger partial charge in [-0.25, -0.2) is 8.42 Å². The number of benzene rings is 1. The molecule has 0 spiro atoms. The summed E-state index contributed by atoms with van der Waals surface area (Å²) in [5, 5.41) is 1.41. The van der Waals surface area contributed by atoms with Gasteiger partial charge in [-0.1, -0.05) is 58.5 Å². The fraction of sp³-hybridized carbons (Fsp3) is 0.111. The lowest BCUT2D eigenvalue weighted by atomic mass is 10.2. The summed E-state index contributed by atoms with van der Waals surface area (Å²) >= 11 is 21.5. The molecule has 1 aromatic rings. The van der Waals surface area contributed by atoms with Crippen molar-refractivity contribution in [3.8, 4) is 0 Å². The van der Waals surface area contributed by atoms with Crippen LogP contribution in [-0.4, -0.2) is 11.5 Å². The summed E-state index contributed by atoms with van der Waals surface area (Å²) in [6.07, 6.45) is 1.33. The predicted octanol–water partition coefficient (Wildman–Crippen LogP) is 4.05. The van der Waals surface area contributed by atoms with Gasteiger partial charge in [0.15, 0.2) is 0 Å². The van der Waals surface area contributed by atoms with Crippen molar-refractivity contribution in [1.82, 2.24) is 0 Å². The van der Waals surface area contributed by atoms with E-state index in [0.717, 1.165) is 5.41 Å². The minimum absolute atomic E-state index is 0.557. The number of alkyl halides is 3. The van der Waals surface area contributed by atoms with Crippen molar-refractivity contribution in [3.05, 3.63) is 40.3 Å². The first-order chi connectivity index (χ1) is 7.22. The molecule has 88 valence electrons. The van der Waals surface area contributed by atoms with E-state index in [-0.39, 0.29) is 0 Å². The molecule has 0 radical (unpaired) electrons. The fourth-order valence-corrected chi connectivity index (χ4v) is 1.90. The van der Waals surface area contributed by atoms with Crippen LogP contribution in [0.25, 0.3) is 6.08 Å². The first-order valence-electron chi connectivity index (χ1n) is 3.97. The Morgan fingerprint density at radius 1 is 1.06 bits per heavy atom. The van der Waals surface area contributed by atoms with Crippen molar-refractivity contribution in [2.24, 2.45) is 0 Å². The molecule has 0 amide bonds. The van der Waals surface area contributed by atoms with Crippen LogP contribution in [0.5, 0.6) is 0 Å². The van der Waals surface area contributed by atoms with E-state index in [2.05, 4.69) is 0 Å². The SMILES string of the molecule is O=S(=O)(C=Cc1ccc(Cl)cc1)C(Cl)(Cl)Cl. The van der Waals surface area contributed by atoms with E-state index in [1.807, 2.05) is 0 Å². The first kappa shape index (κ1) is 14.1. The lowest BCUT2D eigenvalue weighted by Gasteiger charge is -2.07. The van der Waals surface area contributed by atoms with E-state index in [1.165, 1.54) is 6.08 Å². The zero-order valence-corrected chi connectivity index (χ0v) is 11.5. The van der Waals surface area contributed by atoms with Gasteiger partial charge in [0.2, 0.25) is 9.84 Å². The van der Waals surface area contributed by atoms with Gasteiger partial charge in [-0.15, -0.1) is 0 Å². The van der Waals surface area contributed by atoms with Gasteiger partial charge in [0.1, 0.15) is 0 Å². The van der Waals surface area contributed by atoms with Crippen molar-refractivity contribution >= 4 is 62.3 Å². The Hall–Kier alpha value is 0.0700. The van der Waals surface area contributed by atoms with Crippen molar-refractivity contribution in [2.45, 2.75) is 3.12 Å². The van der Waals surface area contributed by atoms with Crippen LogP contribution in [-0.2, 0) is 9.84 Å². The highest BCUT2D eigenvalue weighted by atomic mass is 35.6. The highest BCUT2D eigenvalue weighted by Gasteiger charge is 2.35. The lowest BCUT2D eigenvalue weighted by Crippen LogP contribution is -2.16. The molecule has 0 fully saturated rings. The number of sulfone groups is 1. The van der Waals surface area contributed by atoms with Gasteiger partial charge in [-0.3, -0.25) is 0 Å². The zero-order chi connectivity index (χ0) is 12.4. The van der Waals surface area contributed by atoms with E-state index in [4.69, 9.17) is 46.4 Å². The van der Waals surface area contributed by atoms with E-state index < -0.39 is 13.0 Å². The quantitative estimate of drug-likeness (QED) is 0.770. The molecule has 0 aliphatic rings. The molecule has 0 heterocycles. The van der Waals surface area contributed by atoms with Crippen molar-refractivity contribution in [1.29, 1.82) is 0 Å². The molecule has 7 heteroatoms. The van der Waals surface area contributed by atoms with Gasteiger partial charge in [-0.05, 0) is 23.8 Å². The summed E-state index contributed by atoms with van der Waals surface area (Å²) in [4.78, 5) is 0. The smallest absolute Gasteiger partial charge is 0.220 e. The number of halogens is 4. The molecule has 1 rings (SSSR count). The molecule has 0 aliphatic heterocycles. The standard InChI is InChI=1S/C9H6Cl4O2S/c10-8-3-1-7(2-4-8)5-6-16(14,15)9(11,12)13/h1-6H. The highest BCUT2D eigenvalue weighted by molar-refractivity contribution is 7.99. The topological polar surface area (TPSA) is 34.1 Å². The normalized spacial score (nSPS) is 13.2. The maximum atomic E-state index is 11.4. The number of hydrogen-bond donors (Lipinski definition) is 0. The third-order valence-corrected chi connectivity index (χ3v) is 4.96. The maximum absolute atomic E-state index is 11.4. The summed E-state index contributed by atoms with van der Waals surface area (Å²) in [5.74, 6) is 0. The average molecular weight is 320 g/mol. The Morgan fingerprint density at radius 3 is 2.00 bits per heavy atom. The van der Waals surface area contributed by atoms with E-state index in [9.17, 15) is 8.42 Å². The second kappa shape index (κ2) is 5.15. The second-order valence-corrected chi connectivity index (χ2v) is 8.21. The van der Waals surface area contributed by atoms with Crippen molar-refractivity contribution < 1.29 is 8.42 Å². The van der Waals surface area contributed by atoms with Gasteiger partial charge in [0.25, 0.3) is 3.12 Å². The summed E-state index contributed by atoms with van der Waals surface area (Å²) in [5.41, 5.74) is 0.641. The average Bonchev–Trinajstić information content (AvgIpc) is 2.15. The molecule has 0 saturated carbocycles. The van der Waals surface area contributed by atoms with E-state index in [1.54, 1.807) is 24.3 Å². The van der Waals surface area contributed by atoms with E-state index in [0.29, 0.717) is 10.6 Å². The Morgan fingerprint density at radius 2 is 1.56 bits per heavy atom. The number of rotatable bonds is 2.